The van der Waals surface area contributed by atoms with E-state index in [2.05, 4.69) is 34.8 Å². The van der Waals surface area contributed by atoms with Crippen molar-refractivity contribution in [3.05, 3.63) is 39.6 Å². The molecule has 3 rings (SSSR count). The molecule has 0 spiro atoms. The molecule has 0 radical (unpaired) electrons. The monoisotopic (exact) mass is 261 g/mol. The number of nitrogens with one attached hydrogen (secondary N) is 1. The number of hydrogen-bond acceptors (Lipinski definition) is 3. The standard InChI is InChI=1S/C14H19N3S/c1-10-6-12(18-11(10)2)8-17-9-15-7-14(17)13-4-3-5-16-13/h6-7,9,13,16H,3-5,8H2,1-2H3. The molecule has 1 N–H and O–H groups in total. The summed E-state index contributed by atoms with van der Waals surface area (Å²) in [6, 6.07) is 2.79. The predicted molar refractivity (Wildman–Crippen MR) is 75.1 cm³/mol. The van der Waals surface area contributed by atoms with Crippen molar-refractivity contribution in [3.8, 4) is 0 Å². The van der Waals surface area contributed by atoms with Gasteiger partial charge in [0.25, 0.3) is 0 Å². The van der Waals surface area contributed by atoms with Gasteiger partial charge in [-0.3, -0.25) is 0 Å². The van der Waals surface area contributed by atoms with E-state index in [-0.39, 0.29) is 0 Å². The number of rotatable bonds is 3. The van der Waals surface area contributed by atoms with Gasteiger partial charge < -0.3 is 9.88 Å². The van der Waals surface area contributed by atoms with Crippen LogP contribution in [0.25, 0.3) is 0 Å². The molecular formula is C14H19N3S. The van der Waals surface area contributed by atoms with Crippen LogP contribution in [0.5, 0.6) is 0 Å². The second-order valence-corrected chi connectivity index (χ2v) is 6.39. The van der Waals surface area contributed by atoms with E-state index in [4.69, 9.17) is 0 Å². The summed E-state index contributed by atoms with van der Waals surface area (Å²) in [4.78, 5) is 7.16. The van der Waals surface area contributed by atoms with Crippen molar-refractivity contribution in [3.63, 3.8) is 0 Å². The Labute approximate surface area is 112 Å². The smallest absolute Gasteiger partial charge is 0.0952 e. The van der Waals surface area contributed by atoms with E-state index >= 15 is 0 Å². The number of hydrogen-bond donors (Lipinski definition) is 1. The molecule has 96 valence electrons. The first-order valence-corrected chi connectivity index (χ1v) is 7.35. The Morgan fingerprint density at radius 1 is 1.50 bits per heavy atom. The fourth-order valence-electron chi connectivity index (χ4n) is 2.59. The number of aromatic nitrogens is 2. The van der Waals surface area contributed by atoms with Crippen LogP contribution >= 0.6 is 11.3 Å². The minimum absolute atomic E-state index is 0.495. The van der Waals surface area contributed by atoms with Crippen molar-refractivity contribution in [2.75, 3.05) is 6.54 Å². The van der Waals surface area contributed by atoms with Crippen LogP contribution in [0.2, 0.25) is 0 Å². The minimum atomic E-state index is 0.495. The van der Waals surface area contributed by atoms with E-state index < -0.39 is 0 Å². The van der Waals surface area contributed by atoms with Gasteiger partial charge >= 0.3 is 0 Å². The van der Waals surface area contributed by atoms with Gasteiger partial charge in [-0.25, -0.2) is 4.98 Å². The summed E-state index contributed by atoms with van der Waals surface area (Å²) in [5, 5.41) is 3.54. The molecule has 1 aliphatic rings. The molecule has 2 aromatic heterocycles. The maximum absolute atomic E-state index is 4.32. The zero-order valence-corrected chi connectivity index (χ0v) is 11.8. The fourth-order valence-corrected chi connectivity index (χ4v) is 3.64. The molecule has 1 atom stereocenters. The minimum Gasteiger partial charge on any atom is -0.328 e. The van der Waals surface area contributed by atoms with E-state index in [0.717, 1.165) is 13.1 Å². The second-order valence-electron chi connectivity index (χ2n) is 5.05. The molecule has 1 unspecified atom stereocenters. The van der Waals surface area contributed by atoms with Gasteiger partial charge in [-0.15, -0.1) is 11.3 Å². The summed E-state index contributed by atoms with van der Waals surface area (Å²) in [7, 11) is 0. The molecule has 0 amide bonds. The van der Waals surface area contributed by atoms with Crippen molar-refractivity contribution in [2.24, 2.45) is 0 Å². The van der Waals surface area contributed by atoms with Crippen molar-refractivity contribution in [1.82, 2.24) is 14.9 Å². The van der Waals surface area contributed by atoms with E-state index in [1.54, 1.807) is 0 Å². The number of nitrogens with zero attached hydrogens (tertiary/aromatic N) is 2. The highest BCUT2D eigenvalue weighted by Gasteiger charge is 2.19. The van der Waals surface area contributed by atoms with Crippen LogP contribution in [0, 0.1) is 13.8 Å². The van der Waals surface area contributed by atoms with Gasteiger partial charge in [-0.2, -0.15) is 0 Å². The molecular weight excluding hydrogens is 242 g/mol. The Balaban J connectivity index is 1.82. The Kier molecular flexibility index (Phi) is 3.22. The fraction of sp³-hybridized carbons (Fsp3) is 0.500. The van der Waals surface area contributed by atoms with Gasteiger partial charge in [0.15, 0.2) is 0 Å². The molecule has 0 bridgehead atoms. The lowest BCUT2D eigenvalue weighted by Gasteiger charge is -2.13. The van der Waals surface area contributed by atoms with Crippen LogP contribution in [0.15, 0.2) is 18.6 Å². The molecule has 4 heteroatoms. The molecule has 3 heterocycles. The van der Waals surface area contributed by atoms with Gasteiger partial charge in [0.05, 0.1) is 18.6 Å². The molecule has 0 aliphatic carbocycles. The van der Waals surface area contributed by atoms with E-state index in [1.165, 1.54) is 33.9 Å². The van der Waals surface area contributed by atoms with Crippen LogP contribution in [-0.4, -0.2) is 16.1 Å². The predicted octanol–water partition coefficient (Wildman–Crippen LogP) is 3.03. The largest absolute Gasteiger partial charge is 0.328 e. The number of imidazole rings is 1. The Morgan fingerprint density at radius 3 is 3.06 bits per heavy atom. The first-order valence-electron chi connectivity index (χ1n) is 6.53. The molecule has 1 saturated heterocycles. The Hall–Kier alpha value is -1.13. The third-order valence-corrected chi connectivity index (χ3v) is 4.84. The Morgan fingerprint density at radius 2 is 2.39 bits per heavy atom. The quantitative estimate of drug-likeness (QED) is 0.920. The summed E-state index contributed by atoms with van der Waals surface area (Å²) in [5.41, 5.74) is 2.73. The van der Waals surface area contributed by atoms with Crippen LogP contribution in [0.1, 0.15) is 39.9 Å². The maximum atomic E-state index is 4.32. The zero-order valence-electron chi connectivity index (χ0n) is 10.9. The average molecular weight is 261 g/mol. The van der Waals surface area contributed by atoms with Gasteiger partial charge in [-0.05, 0) is 44.9 Å². The molecule has 18 heavy (non-hydrogen) atoms. The number of thiophene rings is 1. The van der Waals surface area contributed by atoms with Crippen molar-refractivity contribution >= 4 is 11.3 Å². The van der Waals surface area contributed by atoms with Crippen LogP contribution in [-0.2, 0) is 6.54 Å². The maximum Gasteiger partial charge on any atom is 0.0952 e. The second kappa shape index (κ2) is 4.86. The lowest BCUT2D eigenvalue weighted by molar-refractivity contribution is 0.586. The molecule has 2 aromatic rings. The summed E-state index contributed by atoms with van der Waals surface area (Å²) in [6.45, 7) is 6.46. The van der Waals surface area contributed by atoms with Crippen molar-refractivity contribution in [1.29, 1.82) is 0 Å². The summed E-state index contributed by atoms with van der Waals surface area (Å²) in [6.07, 6.45) is 6.47. The first kappa shape index (κ1) is 11.9. The topological polar surface area (TPSA) is 29.9 Å². The van der Waals surface area contributed by atoms with Crippen molar-refractivity contribution in [2.45, 2.75) is 39.3 Å². The van der Waals surface area contributed by atoms with Gasteiger partial charge in [0.2, 0.25) is 0 Å². The van der Waals surface area contributed by atoms with Crippen LogP contribution in [0.4, 0.5) is 0 Å². The lowest BCUT2D eigenvalue weighted by Crippen LogP contribution is -2.16. The summed E-state index contributed by atoms with van der Waals surface area (Å²) < 4.78 is 2.29. The Bertz CT molecular complexity index is 515. The van der Waals surface area contributed by atoms with Gasteiger partial charge in [0.1, 0.15) is 0 Å². The summed E-state index contributed by atoms with van der Waals surface area (Å²) in [5.74, 6) is 0. The normalized spacial score (nSPS) is 19.6. The first-order chi connectivity index (χ1) is 8.74. The summed E-state index contributed by atoms with van der Waals surface area (Å²) >= 11 is 1.89. The zero-order chi connectivity index (χ0) is 12.5. The van der Waals surface area contributed by atoms with E-state index in [9.17, 15) is 0 Å². The molecule has 3 nitrogen and oxygen atoms in total. The molecule has 0 aromatic carbocycles. The van der Waals surface area contributed by atoms with Crippen LogP contribution in [0.3, 0.4) is 0 Å². The van der Waals surface area contributed by atoms with Gasteiger partial charge in [-0.1, -0.05) is 0 Å². The third kappa shape index (κ3) is 2.22. The van der Waals surface area contributed by atoms with E-state index in [1.807, 2.05) is 23.9 Å². The van der Waals surface area contributed by atoms with E-state index in [0.29, 0.717) is 6.04 Å². The van der Waals surface area contributed by atoms with Crippen LogP contribution < -0.4 is 5.32 Å². The van der Waals surface area contributed by atoms with Crippen molar-refractivity contribution < 1.29 is 0 Å². The highest BCUT2D eigenvalue weighted by Crippen LogP contribution is 2.26. The molecule has 1 aliphatic heterocycles. The highest BCUT2D eigenvalue weighted by molar-refractivity contribution is 7.12. The van der Waals surface area contributed by atoms with Gasteiger partial charge in [0, 0.05) is 22.0 Å². The highest BCUT2D eigenvalue weighted by atomic mass is 32.1. The average Bonchev–Trinajstić information content (AvgIpc) is 3.01. The molecule has 0 saturated carbocycles. The molecule has 1 fully saturated rings. The lowest BCUT2D eigenvalue weighted by atomic mass is 10.2. The number of aryl methyl sites for hydroxylation is 2. The SMILES string of the molecule is Cc1cc(Cn2cncc2C2CCCN2)sc1C. The third-order valence-electron chi connectivity index (χ3n) is 3.71.